The van der Waals surface area contributed by atoms with Gasteiger partial charge in [0.1, 0.15) is 30.3 Å². The molecule has 0 aromatic rings. The molecule has 8 nitrogen and oxygen atoms in total. The van der Waals surface area contributed by atoms with Crippen LogP contribution in [-0.4, -0.2) is 74.4 Å². The number of rotatable bonds is 7. The highest BCUT2D eigenvalue weighted by molar-refractivity contribution is 5.74. The fourth-order valence-corrected chi connectivity index (χ4v) is 3.45. The molecule has 1 aliphatic carbocycles. The third-order valence-electron chi connectivity index (χ3n) is 4.96. The number of hydrogen-bond donors (Lipinski definition) is 5. The number of hydrogen-bond acceptors (Lipinski definition) is 7. The maximum Gasteiger partial charge on any atom is 0.313 e. The normalized spacial score (nSPS) is 40.8. The lowest BCUT2D eigenvalue weighted by atomic mass is 9.76. The molecule has 0 saturated carbocycles. The first kappa shape index (κ1) is 21.0. The van der Waals surface area contributed by atoms with Gasteiger partial charge in [0, 0.05) is 0 Å². The molecule has 1 aliphatic heterocycles. The highest BCUT2D eigenvalue weighted by Crippen LogP contribution is 2.39. The zero-order valence-electron chi connectivity index (χ0n) is 14.8. The van der Waals surface area contributed by atoms with Crippen LogP contribution in [0.5, 0.6) is 0 Å². The van der Waals surface area contributed by atoms with Crippen LogP contribution in [0.25, 0.3) is 0 Å². The van der Waals surface area contributed by atoms with Gasteiger partial charge in [-0.3, -0.25) is 4.79 Å². The van der Waals surface area contributed by atoms with Crippen molar-refractivity contribution >= 4 is 5.97 Å². The van der Waals surface area contributed by atoms with Crippen LogP contribution in [0.1, 0.15) is 32.6 Å². The number of aliphatic hydroxyl groups is 4. The van der Waals surface area contributed by atoms with Crippen molar-refractivity contribution in [2.75, 3.05) is 6.61 Å². The second-order valence-electron chi connectivity index (χ2n) is 6.75. The Labute approximate surface area is 152 Å². The average molecular weight is 372 g/mol. The van der Waals surface area contributed by atoms with Crippen LogP contribution in [0, 0.1) is 5.92 Å². The number of carbonyl (C=O) groups is 1. The number of ether oxygens (including phenoxy) is 2. The minimum Gasteiger partial charge on any atom is -0.481 e. The Balaban J connectivity index is 2.29. The molecule has 0 aromatic heterocycles. The van der Waals surface area contributed by atoms with Gasteiger partial charge in [0.05, 0.1) is 12.2 Å². The molecule has 0 radical (unpaired) electrons. The number of carboxylic acid groups (broad SMARTS) is 1. The van der Waals surface area contributed by atoms with Crippen LogP contribution in [0.3, 0.4) is 0 Å². The van der Waals surface area contributed by atoms with Gasteiger partial charge >= 0.3 is 5.97 Å². The largest absolute Gasteiger partial charge is 0.481 e. The highest BCUT2D eigenvalue weighted by atomic mass is 16.7. The predicted molar refractivity (Wildman–Crippen MR) is 91.1 cm³/mol. The van der Waals surface area contributed by atoms with Crippen molar-refractivity contribution in [1.29, 1.82) is 0 Å². The zero-order valence-corrected chi connectivity index (χ0v) is 14.8. The molecule has 0 aromatic carbocycles. The van der Waals surface area contributed by atoms with E-state index in [1.165, 1.54) is 0 Å². The predicted octanol–water partition coefficient (Wildman–Crippen LogP) is -0.0512. The van der Waals surface area contributed by atoms with Crippen molar-refractivity contribution in [2.45, 2.75) is 68.9 Å². The van der Waals surface area contributed by atoms with E-state index in [1.54, 1.807) is 12.2 Å². The molecule has 0 bridgehead atoms. The second-order valence-corrected chi connectivity index (χ2v) is 6.75. The quantitative estimate of drug-likeness (QED) is 0.392. The van der Waals surface area contributed by atoms with Crippen LogP contribution < -0.4 is 0 Å². The summed E-state index contributed by atoms with van der Waals surface area (Å²) < 4.78 is 11.4. The zero-order chi connectivity index (χ0) is 19.3. The Bertz CT molecular complexity index is 531. The lowest BCUT2D eigenvalue weighted by Gasteiger charge is -2.46. The smallest absolute Gasteiger partial charge is 0.313 e. The van der Waals surface area contributed by atoms with E-state index >= 15 is 0 Å². The summed E-state index contributed by atoms with van der Waals surface area (Å²) in [5.41, 5.74) is -1.17. The molecule has 5 N–H and O–H groups in total. The Morgan fingerprint density at radius 3 is 2.62 bits per heavy atom. The van der Waals surface area contributed by atoms with Crippen molar-refractivity contribution in [3.63, 3.8) is 0 Å². The highest BCUT2D eigenvalue weighted by Gasteiger charge is 2.50. The minimum atomic E-state index is -1.57. The molecule has 26 heavy (non-hydrogen) atoms. The third-order valence-corrected chi connectivity index (χ3v) is 4.96. The lowest BCUT2D eigenvalue weighted by Crippen LogP contribution is -2.61. The van der Waals surface area contributed by atoms with Gasteiger partial charge in [0.15, 0.2) is 6.29 Å². The van der Waals surface area contributed by atoms with Crippen molar-refractivity contribution in [3.8, 4) is 0 Å². The molecule has 148 valence electrons. The van der Waals surface area contributed by atoms with Gasteiger partial charge in [0.2, 0.25) is 0 Å². The van der Waals surface area contributed by atoms with E-state index in [9.17, 15) is 30.3 Å². The van der Waals surface area contributed by atoms with Crippen molar-refractivity contribution in [1.82, 2.24) is 0 Å². The summed E-state index contributed by atoms with van der Waals surface area (Å²) in [5.74, 6) is -2.01. The van der Waals surface area contributed by atoms with Crippen molar-refractivity contribution in [3.05, 3.63) is 24.3 Å². The number of aliphatic carboxylic acids is 1. The summed E-state index contributed by atoms with van der Waals surface area (Å²) in [6, 6.07) is 0. The van der Waals surface area contributed by atoms with E-state index in [-0.39, 0.29) is 6.42 Å². The SMILES string of the molecule is CC/C=C\CC1(O[C@@H]2O[C@H](CO)[C@@H](O)[C@H](O)[C@H]2O)CCC=CC1C(=O)O. The molecule has 2 unspecified atom stereocenters. The first-order valence-corrected chi connectivity index (χ1v) is 8.89. The van der Waals surface area contributed by atoms with Crippen LogP contribution in [-0.2, 0) is 14.3 Å². The monoisotopic (exact) mass is 372 g/mol. The number of aliphatic hydroxyl groups excluding tert-OH is 4. The molecule has 7 atom stereocenters. The lowest BCUT2D eigenvalue weighted by molar-refractivity contribution is -0.331. The molecule has 0 spiro atoms. The summed E-state index contributed by atoms with van der Waals surface area (Å²) in [6.45, 7) is 1.38. The summed E-state index contributed by atoms with van der Waals surface area (Å²) >= 11 is 0. The van der Waals surface area contributed by atoms with Gasteiger partial charge in [-0.15, -0.1) is 0 Å². The molecule has 8 heteroatoms. The fourth-order valence-electron chi connectivity index (χ4n) is 3.45. The molecule has 1 heterocycles. The molecule has 0 amide bonds. The van der Waals surface area contributed by atoms with E-state index in [1.807, 2.05) is 19.1 Å². The number of allylic oxidation sites excluding steroid dienone is 2. The van der Waals surface area contributed by atoms with E-state index in [2.05, 4.69) is 0 Å². The van der Waals surface area contributed by atoms with Crippen LogP contribution in [0.15, 0.2) is 24.3 Å². The maximum atomic E-state index is 11.8. The summed E-state index contributed by atoms with van der Waals surface area (Å²) in [4.78, 5) is 11.8. The Morgan fingerprint density at radius 2 is 2.00 bits per heavy atom. The molecule has 2 rings (SSSR count). The van der Waals surface area contributed by atoms with Gasteiger partial charge in [-0.25, -0.2) is 0 Å². The van der Waals surface area contributed by atoms with Crippen LogP contribution in [0.4, 0.5) is 0 Å². The van der Waals surface area contributed by atoms with Gasteiger partial charge in [-0.2, -0.15) is 0 Å². The Kier molecular flexibility index (Phi) is 7.33. The third kappa shape index (κ3) is 4.33. The summed E-state index contributed by atoms with van der Waals surface area (Å²) in [5, 5.41) is 49.0. The van der Waals surface area contributed by atoms with Gasteiger partial charge in [-0.1, -0.05) is 31.2 Å². The minimum absolute atomic E-state index is 0.289. The average Bonchev–Trinajstić information content (AvgIpc) is 2.62. The summed E-state index contributed by atoms with van der Waals surface area (Å²) in [7, 11) is 0. The van der Waals surface area contributed by atoms with Gasteiger partial charge in [-0.05, 0) is 25.7 Å². The Morgan fingerprint density at radius 1 is 1.27 bits per heavy atom. The van der Waals surface area contributed by atoms with Crippen LogP contribution >= 0.6 is 0 Å². The topological polar surface area (TPSA) is 137 Å². The molecular weight excluding hydrogens is 344 g/mol. The summed E-state index contributed by atoms with van der Waals surface area (Å²) in [6.07, 6.45) is 2.02. The molecule has 2 aliphatic rings. The number of carboxylic acids is 1. The van der Waals surface area contributed by atoms with E-state index < -0.39 is 54.8 Å². The van der Waals surface area contributed by atoms with Crippen molar-refractivity contribution < 1.29 is 39.8 Å². The maximum absolute atomic E-state index is 11.8. The first-order chi connectivity index (χ1) is 12.4. The van der Waals surface area contributed by atoms with E-state index in [4.69, 9.17) is 9.47 Å². The van der Waals surface area contributed by atoms with Gasteiger partial charge in [0.25, 0.3) is 0 Å². The molecule has 1 saturated heterocycles. The van der Waals surface area contributed by atoms with Crippen molar-refractivity contribution in [2.24, 2.45) is 5.92 Å². The molecular formula is C18H28O8. The van der Waals surface area contributed by atoms with E-state index in [0.29, 0.717) is 12.8 Å². The standard InChI is InChI=1S/C18H28O8/c1-2-3-5-8-18(9-6-4-7-11(18)16(23)24)26-17-15(22)14(21)13(20)12(10-19)25-17/h3-5,7,11-15,17,19-22H,2,6,8-10H2,1H3,(H,23,24)/b5-3-/t11?,12-,13-,14+,15-,17+,18?/m1/s1. The van der Waals surface area contributed by atoms with Crippen LogP contribution in [0.2, 0.25) is 0 Å². The first-order valence-electron chi connectivity index (χ1n) is 8.89. The molecule has 1 fully saturated rings. The fraction of sp³-hybridized carbons (Fsp3) is 0.722. The van der Waals surface area contributed by atoms with Gasteiger partial charge < -0.3 is 35.0 Å². The van der Waals surface area contributed by atoms with E-state index in [0.717, 1.165) is 6.42 Å². The second kappa shape index (κ2) is 9.07. The Hall–Kier alpha value is -1.29.